The molecule has 1 aromatic rings. The van der Waals surface area contributed by atoms with Crippen molar-refractivity contribution in [2.45, 2.75) is 19.9 Å². The smallest absolute Gasteiger partial charge is 0.253 e. The summed E-state index contributed by atoms with van der Waals surface area (Å²) < 4.78 is 0. The fourth-order valence-corrected chi connectivity index (χ4v) is 1.58. The molecule has 0 aliphatic heterocycles. The normalized spacial score (nSPS) is 10.2. The number of carbonyl (C=O) groups excluding carboxylic acids is 2. The Kier molecular flexibility index (Phi) is 5.36. The average Bonchev–Trinajstić information content (AvgIpc) is 2.35. The molecular weight excluding hydrogens is 242 g/mol. The van der Waals surface area contributed by atoms with Crippen LogP contribution >= 0.6 is 0 Å². The van der Waals surface area contributed by atoms with Gasteiger partial charge in [-0.05, 0) is 32.0 Å². The number of nitrogens with one attached hydrogen (secondary N) is 2. The van der Waals surface area contributed by atoms with Crippen LogP contribution in [0.1, 0.15) is 24.2 Å². The molecule has 0 bridgehead atoms. The van der Waals surface area contributed by atoms with Gasteiger partial charge in [0.15, 0.2) is 0 Å². The molecule has 0 atom stereocenters. The third-order valence-electron chi connectivity index (χ3n) is 2.42. The summed E-state index contributed by atoms with van der Waals surface area (Å²) >= 11 is 0. The maximum atomic E-state index is 11.8. The van der Waals surface area contributed by atoms with Crippen molar-refractivity contribution in [3.05, 3.63) is 29.8 Å². The number of nitrogens with zero attached hydrogens (tertiary/aromatic N) is 1. The molecule has 5 nitrogen and oxygen atoms in total. The van der Waals surface area contributed by atoms with Crippen molar-refractivity contribution < 1.29 is 9.59 Å². The lowest BCUT2D eigenvalue weighted by Gasteiger charge is -2.13. The summed E-state index contributed by atoms with van der Waals surface area (Å²) in [4.78, 5) is 24.8. The molecule has 0 spiro atoms. The Morgan fingerprint density at radius 1 is 1.26 bits per heavy atom. The van der Waals surface area contributed by atoms with Crippen LogP contribution in [0.5, 0.6) is 0 Å². The molecule has 0 aromatic heterocycles. The van der Waals surface area contributed by atoms with Crippen LogP contribution in [-0.4, -0.2) is 43.4 Å². The van der Waals surface area contributed by atoms with Crippen LogP contribution in [0, 0.1) is 0 Å². The summed E-state index contributed by atoms with van der Waals surface area (Å²) in [7, 11) is 3.41. The van der Waals surface area contributed by atoms with E-state index in [4.69, 9.17) is 0 Å². The molecule has 0 aliphatic carbocycles. The first-order valence-corrected chi connectivity index (χ1v) is 6.25. The molecule has 0 unspecified atom stereocenters. The van der Waals surface area contributed by atoms with E-state index in [2.05, 4.69) is 10.6 Å². The summed E-state index contributed by atoms with van der Waals surface area (Å²) in [6, 6.07) is 7.23. The van der Waals surface area contributed by atoms with Crippen molar-refractivity contribution >= 4 is 17.5 Å². The van der Waals surface area contributed by atoms with Crippen molar-refractivity contribution in [3.8, 4) is 0 Å². The van der Waals surface area contributed by atoms with Crippen LogP contribution < -0.4 is 10.6 Å². The lowest BCUT2D eigenvalue weighted by molar-refractivity contribution is -0.119. The Balaban J connectivity index is 2.63. The molecule has 104 valence electrons. The van der Waals surface area contributed by atoms with Gasteiger partial charge in [-0.1, -0.05) is 6.07 Å². The minimum atomic E-state index is -0.0701. The lowest BCUT2D eigenvalue weighted by Crippen LogP contribution is -2.34. The van der Waals surface area contributed by atoms with E-state index in [0.717, 1.165) is 5.69 Å². The van der Waals surface area contributed by atoms with Crippen LogP contribution in [0.25, 0.3) is 0 Å². The molecule has 0 heterocycles. The maximum absolute atomic E-state index is 11.8. The molecule has 1 aromatic carbocycles. The van der Waals surface area contributed by atoms with Crippen LogP contribution in [-0.2, 0) is 4.79 Å². The van der Waals surface area contributed by atoms with Gasteiger partial charge in [-0.25, -0.2) is 0 Å². The summed E-state index contributed by atoms with van der Waals surface area (Å²) in [5.74, 6) is -0.130. The fourth-order valence-electron chi connectivity index (χ4n) is 1.58. The van der Waals surface area contributed by atoms with Gasteiger partial charge < -0.3 is 15.5 Å². The summed E-state index contributed by atoms with van der Waals surface area (Å²) in [6.07, 6.45) is 0. The van der Waals surface area contributed by atoms with E-state index < -0.39 is 0 Å². The van der Waals surface area contributed by atoms with E-state index in [9.17, 15) is 9.59 Å². The second-order valence-electron chi connectivity index (χ2n) is 4.86. The van der Waals surface area contributed by atoms with Crippen LogP contribution in [0.2, 0.25) is 0 Å². The topological polar surface area (TPSA) is 61.4 Å². The molecule has 19 heavy (non-hydrogen) atoms. The van der Waals surface area contributed by atoms with Crippen molar-refractivity contribution in [1.82, 2.24) is 10.2 Å². The zero-order valence-corrected chi connectivity index (χ0v) is 11.9. The summed E-state index contributed by atoms with van der Waals surface area (Å²) in [5.41, 5.74) is 1.35. The first-order valence-electron chi connectivity index (χ1n) is 6.25. The maximum Gasteiger partial charge on any atom is 0.253 e. The van der Waals surface area contributed by atoms with Gasteiger partial charge in [0.05, 0.1) is 6.54 Å². The van der Waals surface area contributed by atoms with Crippen LogP contribution in [0.15, 0.2) is 24.3 Å². The number of hydrogen-bond donors (Lipinski definition) is 2. The Bertz CT molecular complexity index is 456. The van der Waals surface area contributed by atoms with Gasteiger partial charge in [0.1, 0.15) is 0 Å². The molecular formula is C14H21N3O2. The molecule has 2 amide bonds. The third-order valence-corrected chi connectivity index (χ3v) is 2.42. The zero-order valence-electron chi connectivity index (χ0n) is 11.9. The number of carbonyl (C=O) groups is 2. The molecule has 0 radical (unpaired) electrons. The number of amides is 2. The molecule has 2 N–H and O–H groups in total. The third kappa shape index (κ3) is 4.99. The molecule has 1 rings (SSSR count). The Morgan fingerprint density at radius 2 is 1.95 bits per heavy atom. The van der Waals surface area contributed by atoms with E-state index in [-0.39, 0.29) is 24.4 Å². The minimum Gasteiger partial charge on any atom is -0.376 e. The molecule has 0 saturated carbocycles. The highest BCUT2D eigenvalue weighted by Crippen LogP contribution is 2.11. The lowest BCUT2D eigenvalue weighted by atomic mass is 10.2. The first kappa shape index (κ1) is 15.0. The second kappa shape index (κ2) is 6.78. The summed E-state index contributed by atoms with van der Waals surface area (Å²) in [5, 5.41) is 5.79. The van der Waals surface area contributed by atoms with E-state index in [1.165, 1.54) is 4.90 Å². The van der Waals surface area contributed by atoms with Crippen molar-refractivity contribution in [1.29, 1.82) is 0 Å². The van der Waals surface area contributed by atoms with E-state index in [1.54, 1.807) is 32.3 Å². The van der Waals surface area contributed by atoms with Crippen LogP contribution in [0.3, 0.4) is 0 Å². The van der Waals surface area contributed by atoms with Crippen molar-refractivity contribution in [2.24, 2.45) is 0 Å². The van der Waals surface area contributed by atoms with Gasteiger partial charge in [-0.2, -0.15) is 0 Å². The highest BCUT2D eigenvalue weighted by molar-refractivity contribution is 5.95. The second-order valence-corrected chi connectivity index (χ2v) is 4.86. The molecule has 0 fully saturated rings. The first-order chi connectivity index (χ1) is 8.90. The highest BCUT2D eigenvalue weighted by atomic mass is 16.2. The van der Waals surface area contributed by atoms with E-state index in [1.807, 2.05) is 19.9 Å². The van der Waals surface area contributed by atoms with E-state index in [0.29, 0.717) is 5.56 Å². The fraction of sp³-hybridized carbons (Fsp3) is 0.429. The van der Waals surface area contributed by atoms with Gasteiger partial charge in [0, 0.05) is 31.4 Å². The van der Waals surface area contributed by atoms with Crippen LogP contribution in [0.4, 0.5) is 5.69 Å². The Labute approximate surface area is 114 Å². The standard InChI is InChI=1S/C14H21N3O2/c1-10(2)16-13(18)9-15-12-7-5-6-11(8-12)14(19)17(3)4/h5-8,10,15H,9H2,1-4H3,(H,16,18). The average molecular weight is 263 g/mol. The number of hydrogen-bond acceptors (Lipinski definition) is 3. The predicted octanol–water partition coefficient (Wildman–Crippen LogP) is 1.32. The van der Waals surface area contributed by atoms with Gasteiger partial charge >= 0.3 is 0 Å². The quantitative estimate of drug-likeness (QED) is 0.842. The Hall–Kier alpha value is -2.04. The van der Waals surface area contributed by atoms with Gasteiger partial charge in [0.25, 0.3) is 5.91 Å². The van der Waals surface area contributed by atoms with Crippen molar-refractivity contribution in [2.75, 3.05) is 26.0 Å². The van der Waals surface area contributed by atoms with Gasteiger partial charge in [-0.3, -0.25) is 9.59 Å². The highest BCUT2D eigenvalue weighted by Gasteiger charge is 2.08. The largest absolute Gasteiger partial charge is 0.376 e. The molecule has 0 aliphatic rings. The van der Waals surface area contributed by atoms with E-state index >= 15 is 0 Å². The predicted molar refractivity (Wildman–Crippen MR) is 76.2 cm³/mol. The summed E-state index contributed by atoms with van der Waals surface area (Å²) in [6.45, 7) is 4.01. The number of benzene rings is 1. The molecule has 0 saturated heterocycles. The Morgan fingerprint density at radius 3 is 2.53 bits per heavy atom. The monoisotopic (exact) mass is 263 g/mol. The number of rotatable bonds is 5. The minimum absolute atomic E-state index is 0.0599. The van der Waals surface area contributed by atoms with Gasteiger partial charge in [-0.15, -0.1) is 0 Å². The SMILES string of the molecule is CC(C)NC(=O)CNc1cccc(C(=O)N(C)C)c1. The van der Waals surface area contributed by atoms with Gasteiger partial charge in [0.2, 0.25) is 5.91 Å². The zero-order chi connectivity index (χ0) is 14.4. The van der Waals surface area contributed by atoms with Crippen molar-refractivity contribution in [3.63, 3.8) is 0 Å². The molecule has 5 heteroatoms. The number of anilines is 1.